The number of hydrogen-bond acceptors (Lipinski definition) is 7. The van der Waals surface area contributed by atoms with E-state index < -0.39 is 12.6 Å². The molecule has 8 heteroatoms. The summed E-state index contributed by atoms with van der Waals surface area (Å²) in [5.41, 5.74) is 0.726. The summed E-state index contributed by atoms with van der Waals surface area (Å²) in [5.74, 6) is -0.793. The standard InChI is InChI=1S/C15H16N2O5S/c1-16-15-17(2)14(20)12(23-15)7-9-4-5-10(11(6-9)21-3)22-8-13(18)19/h4-7H,8H2,1-3H3,(H,18,19)/p-1/b12-7-,16-15?. The van der Waals surface area contributed by atoms with Gasteiger partial charge in [-0.05, 0) is 35.5 Å². The van der Waals surface area contributed by atoms with Gasteiger partial charge in [-0.3, -0.25) is 14.7 Å². The number of carbonyl (C=O) groups excluding carboxylic acids is 2. The normalized spacial score (nSPS) is 17.9. The van der Waals surface area contributed by atoms with Crippen molar-refractivity contribution in [2.24, 2.45) is 4.99 Å². The number of carbonyl (C=O) groups is 2. The third-order valence-corrected chi connectivity index (χ3v) is 4.18. The number of rotatable bonds is 5. The second-order valence-electron chi connectivity index (χ2n) is 4.55. The minimum absolute atomic E-state index is 0.133. The van der Waals surface area contributed by atoms with Gasteiger partial charge in [-0.15, -0.1) is 0 Å². The Balaban J connectivity index is 2.26. The van der Waals surface area contributed by atoms with Crippen LogP contribution in [-0.2, 0) is 9.59 Å². The number of carboxylic acid groups (broad SMARTS) is 1. The van der Waals surface area contributed by atoms with Crippen LogP contribution in [0.2, 0.25) is 0 Å². The molecule has 1 amide bonds. The molecule has 1 aliphatic rings. The predicted molar refractivity (Wildman–Crippen MR) is 85.2 cm³/mol. The highest BCUT2D eigenvalue weighted by atomic mass is 32.2. The van der Waals surface area contributed by atoms with Gasteiger partial charge in [-0.25, -0.2) is 0 Å². The van der Waals surface area contributed by atoms with Crippen molar-refractivity contribution in [2.75, 3.05) is 27.8 Å². The fraction of sp³-hybridized carbons (Fsp3) is 0.267. The molecule has 0 aliphatic carbocycles. The number of thioether (sulfide) groups is 1. The van der Waals surface area contributed by atoms with E-state index in [-0.39, 0.29) is 11.7 Å². The minimum atomic E-state index is -1.32. The van der Waals surface area contributed by atoms with Gasteiger partial charge in [-0.1, -0.05) is 6.07 Å². The van der Waals surface area contributed by atoms with Gasteiger partial charge in [0.1, 0.15) is 6.61 Å². The smallest absolute Gasteiger partial charge is 0.266 e. The third-order valence-electron chi connectivity index (χ3n) is 3.03. The second kappa shape index (κ2) is 7.19. The molecular weight excluding hydrogens is 320 g/mol. The fourth-order valence-electron chi connectivity index (χ4n) is 1.93. The highest BCUT2D eigenvalue weighted by Gasteiger charge is 2.29. The summed E-state index contributed by atoms with van der Waals surface area (Å²) < 4.78 is 10.3. The largest absolute Gasteiger partial charge is 0.546 e. The van der Waals surface area contributed by atoms with Crippen LogP contribution in [0.5, 0.6) is 11.5 Å². The Labute approximate surface area is 137 Å². The predicted octanol–water partition coefficient (Wildman–Crippen LogP) is 0.356. The first-order chi connectivity index (χ1) is 11.0. The van der Waals surface area contributed by atoms with Crippen molar-refractivity contribution < 1.29 is 24.2 Å². The molecule has 0 N–H and O–H groups in total. The molecule has 7 nitrogen and oxygen atoms in total. The van der Waals surface area contributed by atoms with Gasteiger partial charge in [0.2, 0.25) is 0 Å². The zero-order valence-electron chi connectivity index (χ0n) is 12.9. The molecule has 0 aromatic heterocycles. The SMILES string of the molecule is CN=C1S/C(=C\c2ccc(OCC(=O)[O-])c(OC)c2)C(=O)N1C. The molecule has 0 saturated carbocycles. The molecule has 23 heavy (non-hydrogen) atoms. The van der Waals surface area contributed by atoms with Crippen LogP contribution in [0.3, 0.4) is 0 Å². The monoisotopic (exact) mass is 335 g/mol. The van der Waals surface area contributed by atoms with Crippen LogP contribution < -0.4 is 14.6 Å². The van der Waals surface area contributed by atoms with Crippen LogP contribution >= 0.6 is 11.8 Å². The third kappa shape index (κ3) is 3.84. The minimum Gasteiger partial charge on any atom is -0.546 e. The number of likely N-dealkylation sites (N-methyl/N-ethyl adjacent to an activating group) is 1. The Bertz CT molecular complexity index is 699. The van der Waals surface area contributed by atoms with Gasteiger partial charge in [0.15, 0.2) is 16.7 Å². The van der Waals surface area contributed by atoms with E-state index in [1.165, 1.54) is 23.8 Å². The maximum atomic E-state index is 12.1. The van der Waals surface area contributed by atoms with Crippen molar-refractivity contribution in [1.29, 1.82) is 0 Å². The number of carboxylic acids is 1. The van der Waals surface area contributed by atoms with Gasteiger partial charge in [0.25, 0.3) is 5.91 Å². The maximum Gasteiger partial charge on any atom is 0.266 e. The lowest BCUT2D eigenvalue weighted by atomic mass is 10.2. The molecule has 1 heterocycles. The molecule has 122 valence electrons. The van der Waals surface area contributed by atoms with Gasteiger partial charge in [0, 0.05) is 14.1 Å². The summed E-state index contributed by atoms with van der Waals surface area (Å²) in [6.45, 7) is -0.563. The van der Waals surface area contributed by atoms with Crippen molar-refractivity contribution in [3.63, 3.8) is 0 Å². The number of methoxy groups -OCH3 is 1. The number of hydrogen-bond donors (Lipinski definition) is 0. The molecule has 1 aliphatic heterocycles. The molecular formula is C15H15N2O5S-. The number of nitrogens with zero attached hydrogens (tertiary/aromatic N) is 2. The topological polar surface area (TPSA) is 91.3 Å². The second-order valence-corrected chi connectivity index (χ2v) is 5.56. The Morgan fingerprint density at radius 2 is 2.17 bits per heavy atom. The highest BCUT2D eigenvalue weighted by Crippen LogP contribution is 2.33. The summed E-state index contributed by atoms with van der Waals surface area (Å²) in [6.07, 6.45) is 1.72. The Morgan fingerprint density at radius 3 is 2.74 bits per heavy atom. The molecule has 0 spiro atoms. The summed E-state index contributed by atoms with van der Waals surface area (Å²) in [4.78, 5) is 28.6. The van der Waals surface area contributed by atoms with E-state index in [1.54, 1.807) is 38.4 Å². The molecule has 1 aromatic rings. The highest BCUT2D eigenvalue weighted by molar-refractivity contribution is 8.18. The zero-order chi connectivity index (χ0) is 17.0. The van der Waals surface area contributed by atoms with Crippen LogP contribution in [0.25, 0.3) is 6.08 Å². The average Bonchev–Trinajstić information content (AvgIpc) is 2.81. The van der Waals surface area contributed by atoms with E-state index in [0.29, 0.717) is 15.8 Å². The fourth-order valence-corrected chi connectivity index (χ4v) is 2.86. The van der Waals surface area contributed by atoms with Gasteiger partial charge in [0.05, 0.1) is 18.0 Å². The van der Waals surface area contributed by atoms with Crippen molar-refractivity contribution in [3.05, 3.63) is 28.7 Å². The number of amidine groups is 1. The van der Waals surface area contributed by atoms with Crippen LogP contribution in [0.15, 0.2) is 28.1 Å². The number of benzene rings is 1. The number of aliphatic imine (C=N–C) groups is 1. The first-order valence-corrected chi connectivity index (χ1v) is 7.43. The molecule has 0 radical (unpaired) electrons. The molecule has 1 fully saturated rings. The number of ether oxygens (including phenoxy) is 2. The lowest BCUT2D eigenvalue weighted by Crippen LogP contribution is -2.29. The Morgan fingerprint density at radius 1 is 1.43 bits per heavy atom. The molecule has 0 unspecified atom stereocenters. The van der Waals surface area contributed by atoms with Crippen molar-refractivity contribution in [3.8, 4) is 11.5 Å². The first kappa shape index (κ1) is 16.9. The van der Waals surface area contributed by atoms with Gasteiger partial charge in [-0.2, -0.15) is 0 Å². The van der Waals surface area contributed by atoms with Crippen LogP contribution in [0.1, 0.15) is 5.56 Å². The van der Waals surface area contributed by atoms with E-state index in [9.17, 15) is 14.7 Å². The van der Waals surface area contributed by atoms with E-state index in [4.69, 9.17) is 9.47 Å². The molecule has 1 aromatic carbocycles. The molecule has 0 bridgehead atoms. The van der Waals surface area contributed by atoms with Crippen molar-refractivity contribution in [2.45, 2.75) is 0 Å². The Hall–Kier alpha value is -2.48. The molecule has 2 rings (SSSR count). The zero-order valence-corrected chi connectivity index (χ0v) is 13.7. The summed E-state index contributed by atoms with van der Waals surface area (Å²) in [5, 5.41) is 11.1. The quantitative estimate of drug-likeness (QED) is 0.722. The summed E-state index contributed by atoms with van der Waals surface area (Å²) in [7, 11) is 4.74. The van der Waals surface area contributed by atoms with Crippen LogP contribution in [0.4, 0.5) is 0 Å². The summed E-state index contributed by atoms with van der Waals surface area (Å²) in [6, 6.07) is 4.94. The maximum absolute atomic E-state index is 12.1. The Kier molecular flexibility index (Phi) is 5.28. The lowest BCUT2D eigenvalue weighted by Gasteiger charge is -2.11. The first-order valence-electron chi connectivity index (χ1n) is 6.61. The van der Waals surface area contributed by atoms with Crippen LogP contribution in [0, 0.1) is 0 Å². The molecule has 0 atom stereocenters. The number of amides is 1. The lowest BCUT2D eigenvalue weighted by molar-refractivity contribution is -0.307. The van der Waals surface area contributed by atoms with Gasteiger partial charge < -0.3 is 19.4 Å². The van der Waals surface area contributed by atoms with Crippen molar-refractivity contribution in [1.82, 2.24) is 4.90 Å². The van der Waals surface area contributed by atoms with E-state index >= 15 is 0 Å². The van der Waals surface area contributed by atoms with Crippen LogP contribution in [-0.4, -0.2) is 49.8 Å². The van der Waals surface area contributed by atoms with E-state index in [0.717, 1.165) is 5.56 Å². The average molecular weight is 335 g/mol. The van der Waals surface area contributed by atoms with Gasteiger partial charge >= 0.3 is 0 Å². The van der Waals surface area contributed by atoms with Crippen molar-refractivity contribution >= 4 is 34.9 Å². The number of aliphatic carboxylic acids is 1. The molecule has 1 saturated heterocycles. The van der Waals surface area contributed by atoms with E-state index in [1.807, 2.05) is 0 Å². The summed E-state index contributed by atoms with van der Waals surface area (Å²) >= 11 is 1.28. The van der Waals surface area contributed by atoms with E-state index in [2.05, 4.69) is 4.99 Å².